The summed E-state index contributed by atoms with van der Waals surface area (Å²) in [7, 11) is 0. The predicted molar refractivity (Wildman–Crippen MR) is 87.8 cm³/mol. The molecule has 3 atom stereocenters. The highest BCUT2D eigenvalue weighted by Gasteiger charge is 2.16. The van der Waals surface area contributed by atoms with Gasteiger partial charge in [0, 0.05) is 17.8 Å². The van der Waals surface area contributed by atoms with Crippen molar-refractivity contribution >= 4 is 6.08 Å². The highest BCUT2D eigenvalue weighted by molar-refractivity contribution is 5.37. The molecule has 0 amide bonds. The van der Waals surface area contributed by atoms with Crippen LogP contribution in [-0.2, 0) is 14.3 Å². The van der Waals surface area contributed by atoms with Gasteiger partial charge in [0.05, 0.1) is 6.54 Å². The van der Waals surface area contributed by atoms with E-state index in [9.17, 15) is 4.79 Å². The number of isocyanates is 1. The molecule has 0 saturated carbocycles. The molecule has 6 heteroatoms. The van der Waals surface area contributed by atoms with E-state index in [4.69, 9.17) is 20.0 Å². The van der Waals surface area contributed by atoms with Crippen molar-refractivity contribution in [1.82, 2.24) is 0 Å². The van der Waals surface area contributed by atoms with Gasteiger partial charge in [0.25, 0.3) is 12.5 Å². The summed E-state index contributed by atoms with van der Waals surface area (Å²) < 4.78 is 9.70. The molecule has 0 aliphatic carbocycles. The van der Waals surface area contributed by atoms with Gasteiger partial charge >= 0.3 is 0 Å². The van der Waals surface area contributed by atoms with Crippen molar-refractivity contribution in [1.29, 1.82) is 10.5 Å². The molecule has 0 aliphatic heterocycles. The van der Waals surface area contributed by atoms with Crippen LogP contribution in [0.25, 0.3) is 0 Å². The average molecular weight is 327 g/mol. The SMILES string of the molecule is CC(CN=C=O)c1cc(C(C)COC#N)cc(C(C)COC#N)c1. The number of aliphatic imine (C=N–C) groups is 1. The Morgan fingerprint density at radius 2 is 1.33 bits per heavy atom. The summed E-state index contributed by atoms with van der Waals surface area (Å²) >= 11 is 0. The fourth-order valence-electron chi connectivity index (χ4n) is 2.35. The molecule has 0 heterocycles. The van der Waals surface area contributed by atoms with Crippen molar-refractivity contribution in [3.8, 4) is 12.5 Å². The van der Waals surface area contributed by atoms with Gasteiger partial charge < -0.3 is 9.47 Å². The van der Waals surface area contributed by atoms with E-state index in [1.54, 1.807) is 18.6 Å². The Morgan fingerprint density at radius 1 is 0.917 bits per heavy atom. The lowest BCUT2D eigenvalue weighted by atomic mass is 9.88. The Bertz CT molecular complexity index is 627. The van der Waals surface area contributed by atoms with E-state index in [-0.39, 0.29) is 17.8 Å². The van der Waals surface area contributed by atoms with Gasteiger partial charge in [0.2, 0.25) is 6.08 Å². The molecular formula is C18H21N3O3. The van der Waals surface area contributed by atoms with E-state index in [2.05, 4.69) is 4.99 Å². The van der Waals surface area contributed by atoms with Gasteiger partial charge in [-0.15, -0.1) is 0 Å². The van der Waals surface area contributed by atoms with Crippen LogP contribution >= 0.6 is 0 Å². The molecule has 1 aromatic rings. The Morgan fingerprint density at radius 3 is 1.71 bits per heavy atom. The van der Waals surface area contributed by atoms with Crippen LogP contribution in [0.1, 0.15) is 55.2 Å². The fourth-order valence-corrected chi connectivity index (χ4v) is 2.35. The van der Waals surface area contributed by atoms with E-state index in [1.807, 2.05) is 39.0 Å². The summed E-state index contributed by atoms with van der Waals surface area (Å²) in [5.41, 5.74) is 3.10. The highest BCUT2D eigenvalue weighted by Crippen LogP contribution is 2.28. The third-order valence-corrected chi connectivity index (χ3v) is 3.93. The standard InChI is InChI=1S/C18H21N3O3/c1-13(7-21-12-22)16-4-17(14(2)8-23-10-19)6-18(5-16)15(3)9-24-11-20/h4-6,13-15H,7-9H2,1-3H3. The van der Waals surface area contributed by atoms with Crippen LogP contribution in [-0.4, -0.2) is 25.8 Å². The highest BCUT2D eigenvalue weighted by atomic mass is 16.5. The molecule has 0 saturated heterocycles. The van der Waals surface area contributed by atoms with E-state index in [0.717, 1.165) is 16.7 Å². The van der Waals surface area contributed by atoms with Crippen molar-refractivity contribution in [3.63, 3.8) is 0 Å². The summed E-state index contributed by atoms with van der Waals surface area (Å²) in [6.07, 6.45) is 4.93. The predicted octanol–water partition coefficient (Wildman–Crippen LogP) is 3.33. The van der Waals surface area contributed by atoms with Gasteiger partial charge in [0.15, 0.2) is 0 Å². The average Bonchev–Trinajstić information content (AvgIpc) is 2.61. The molecule has 6 nitrogen and oxygen atoms in total. The molecule has 0 fully saturated rings. The largest absolute Gasteiger partial charge is 0.427 e. The van der Waals surface area contributed by atoms with Crippen molar-refractivity contribution in [3.05, 3.63) is 34.9 Å². The minimum atomic E-state index is 0.0363. The second-order valence-electron chi connectivity index (χ2n) is 5.87. The molecule has 3 unspecified atom stereocenters. The molecular weight excluding hydrogens is 306 g/mol. The topological polar surface area (TPSA) is 95.5 Å². The summed E-state index contributed by atoms with van der Waals surface area (Å²) in [6.45, 7) is 6.89. The van der Waals surface area contributed by atoms with Crippen molar-refractivity contribution < 1.29 is 14.3 Å². The lowest BCUT2D eigenvalue weighted by molar-refractivity contribution is 0.249. The zero-order valence-electron chi connectivity index (χ0n) is 14.2. The van der Waals surface area contributed by atoms with E-state index < -0.39 is 0 Å². The minimum Gasteiger partial charge on any atom is -0.427 e. The molecule has 126 valence electrons. The van der Waals surface area contributed by atoms with Crippen LogP contribution in [0, 0.1) is 23.0 Å². The first-order chi connectivity index (χ1) is 11.5. The monoisotopic (exact) mass is 327 g/mol. The lowest BCUT2D eigenvalue weighted by Crippen LogP contribution is -2.09. The maximum absolute atomic E-state index is 10.3. The number of carbonyl (C=O) groups excluding carboxylic acids is 1. The number of hydrogen-bond donors (Lipinski definition) is 0. The fraction of sp³-hybridized carbons (Fsp3) is 0.500. The van der Waals surface area contributed by atoms with Crippen LogP contribution in [0.15, 0.2) is 23.2 Å². The van der Waals surface area contributed by atoms with Crippen LogP contribution < -0.4 is 0 Å². The number of nitriles is 2. The zero-order chi connectivity index (χ0) is 17.9. The summed E-state index contributed by atoms with van der Waals surface area (Å²) in [5, 5.41) is 17.1. The number of hydrogen-bond acceptors (Lipinski definition) is 6. The van der Waals surface area contributed by atoms with Crippen molar-refractivity contribution in [2.45, 2.75) is 38.5 Å². The number of benzene rings is 1. The first-order valence-electron chi connectivity index (χ1n) is 7.73. The van der Waals surface area contributed by atoms with Gasteiger partial charge in [-0.05, 0) is 16.7 Å². The molecule has 24 heavy (non-hydrogen) atoms. The molecule has 0 bridgehead atoms. The zero-order valence-corrected chi connectivity index (χ0v) is 14.2. The molecule has 1 rings (SSSR count). The Hall–Kier alpha value is -2.82. The third kappa shape index (κ3) is 5.76. The van der Waals surface area contributed by atoms with Gasteiger partial charge in [-0.1, -0.05) is 39.0 Å². The summed E-state index contributed by atoms with van der Waals surface area (Å²) in [5.74, 6) is 0.127. The number of nitrogens with zero attached hydrogens (tertiary/aromatic N) is 3. The summed E-state index contributed by atoms with van der Waals surface area (Å²) in [6, 6.07) is 6.12. The first kappa shape index (κ1) is 19.2. The number of ether oxygens (including phenoxy) is 2. The van der Waals surface area contributed by atoms with Gasteiger partial charge in [-0.25, -0.2) is 9.79 Å². The lowest BCUT2D eigenvalue weighted by Gasteiger charge is -2.19. The molecule has 0 spiro atoms. The normalized spacial score (nSPS) is 13.5. The van der Waals surface area contributed by atoms with Crippen LogP contribution in [0.3, 0.4) is 0 Å². The minimum absolute atomic E-state index is 0.0363. The maximum atomic E-state index is 10.3. The quantitative estimate of drug-likeness (QED) is 0.394. The van der Waals surface area contributed by atoms with Crippen LogP contribution in [0.2, 0.25) is 0 Å². The second kappa shape index (κ2) is 10.0. The third-order valence-electron chi connectivity index (χ3n) is 3.93. The molecule has 0 aromatic heterocycles. The first-order valence-corrected chi connectivity index (χ1v) is 7.73. The van der Waals surface area contributed by atoms with Gasteiger partial charge in [-0.3, -0.25) is 0 Å². The number of rotatable bonds is 9. The molecule has 0 aliphatic rings. The molecule has 0 N–H and O–H groups in total. The van der Waals surface area contributed by atoms with Crippen molar-refractivity contribution in [2.24, 2.45) is 4.99 Å². The van der Waals surface area contributed by atoms with Crippen LogP contribution in [0.5, 0.6) is 0 Å². The second-order valence-corrected chi connectivity index (χ2v) is 5.87. The summed E-state index contributed by atoms with van der Waals surface area (Å²) in [4.78, 5) is 14.0. The maximum Gasteiger partial charge on any atom is 0.286 e. The van der Waals surface area contributed by atoms with E-state index in [0.29, 0.717) is 19.8 Å². The molecule has 1 aromatic carbocycles. The Balaban J connectivity index is 3.15. The van der Waals surface area contributed by atoms with E-state index in [1.165, 1.54) is 0 Å². The van der Waals surface area contributed by atoms with Crippen LogP contribution in [0.4, 0.5) is 0 Å². The molecule has 0 radical (unpaired) electrons. The Labute approximate surface area is 142 Å². The smallest absolute Gasteiger partial charge is 0.286 e. The Kier molecular flexibility index (Phi) is 8.05. The van der Waals surface area contributed by atoms with Crippen molar-refractivity contribution in [2.75, 3.05) is 19.8 Å². The van der Waals surface area contributed by atoms with Gasteiger partial charge in [-0.2, -0.15) is 10.5 Å². The van der Waals surface area contributed by atoms with E-state index >= 15 is 0 Å². The van der Waals surface area contributed by atoms with Gasteiger partial charge in [0.1, 0.15) is 13.2 Å².